The zero-order valence-corrected chi connectivity index (χ0v) is 11.9. The number of nitrogens with one attached hydrogen (secondary N) is 1. The molecule has 1 aromatic carbocycles. The van der Waals surface area contributed by atoms with Crippen molar-refractivity contribution in [1.82, 2.24) is 5.32 Å². The van der Waals surface area contributed by atoms with Crippen LogP contribution in [0.1, 0.15) is 38.8 Å². The molecular weight excluding hydrogens is 210 g/mol. The van der Waals surface area contributed by atoms with E-state index < -0.39 is 0 Å². The highest BCUT2D eigenvalue weighted by Gasteiger charge is 2.12. The quantitative estimate of drug-likeness (QED) is 0.863. The van der Waals surface area contributed by atoms with Crippen LogP contribution in [-0.2, 0) is 0 Å². The van der Waals surface area contributed by atoms with Gasteiger partial charge < -0.3 is 10.1 Å². The maximum Gasteiger partial charge on any atom is 0.120 e. The molecule has 0 fully saturated rings. The molecule has 0 radical (unpaired) electrons. The van der Waals surface area contributed by atoms with E-state index >= 15 is 0 Å². The molecule has 96 valence electrons. The normalized spacial score (nSPS) is 13.5. The second kappa shape index (κ2) is 5.54. The van der Waals surface area contributed by atoms with Crippen molar-refractivity contribution < 1.29 is 4.74 Å². The number of rotatable bonds is 4. The second-order valence-corrected chi connectivity index (χ2v) is 5.81. The summed E-state index contributed by atoms with van der Waals surface area (Å²) >= 11 is 0. The molecule has 2 heteroatoms. The van der Waals surface area contributed by atoms with E-state index in [2.05, 4.69) is 59.0 Å². The van der Waals surface area contributed by atoms with E-state index in [1.165, 1.54) is 11.1 Å². The third-order valence-electron chi connectivity index (χ3n) is 2.74. The van der Waals surface area contributed by atoms with E-state index in [4.69, 9.17) is 4.74 Å². The number of ether oxygens (including phenoxy) is 1. The van der Waals surface area contributed by atoms with Gasteiger partial charge in [0.1, 0.15) is 11.9 Å². The largest absolute Gasteiger partial charge is 0.489 e. The van der Waals surface area contributed by atoms with Crippen LogP contribution in [0, 0.1) is 13.8 Å². The van der Waals surface area contributed by atoms with Crippen LogP contribution < -0.4 is 10.1 Å². The van der Waals surface area contributed by atoms with Gasteiger partial charge in [-0.1, -0.05) is 6.07 Å². The summed E-state index contributed by atoms with van der Waals surface area (Å²) in [6, 6.07) is 6.24. The van der Waals surface area contributed by atoms with E-state index in [-0.39, 0.29) is 11.6 Å². The molecule has 0 amide bonds. The Morgan fingerprint density at radius 1 is 1.18 bits per heavy atom. The van der Waals surface area contributed by atoms with Gasteiger partial charge in [0.15, 0.2) is 0 Å². The molecular formula is C15H25NO. The molecule has 0 aliphatic carbocycles. The molecule has 0 saturated carbocycles. The van der Waals surface area contributed by atoms with Crippen molar-refractivity contribution in [3.8, 4) is 5.75 Å². The first-order chi connectivity index (χ1) is 7.78. The summed E-state index contributed by atoms with van der Waals surface area (Å²) in [5.74, 6) is 0.955. The highest BCUT2D eigenvalue weighted by molar-refractivity contribution is 5.33. The van der Waals surface area contributed by atoms with Gasteiger partial charge in [-0.25, -0.2) is 0 Å². The Hall–Kier alpha value is -1.02. The predicted octanol–water partition coefficient (Wildman–Crippen LogP) is 3.46. The first-order valence-corrected chi connectivity index (χ1v) is 6.27. The van der Waals surface area contributed by atoms with Gasteiger partial charge in [-0.15, -0.1) is 0 Å². The molecule has 1 N–H and O–H groups in total. The summed E-state index contributed by atoms with van der Waals surface area (Å²) in [6.45, 7) is 13.7. The lowest BCUT2D eigenvalue weighted by molar-refractivity contribution is 0.203. The molecule has 0 aliphatic heterocycles. The molecule has 0 aliphatic rings. The standard InChI is InChI=1S/C15H25NO/c1-11-7-8-14(9-12(11)2)17-13(3)10-16-15(4,5)6/h7-9,13,16H,10H2,1-6H3. The van der Waals surface area contributed by atoms with Gasteiger partial charge in [-0.2, -0.15) is 0 Å². The van der Waals surface area contributed by atoms with Gasteiger partial charge in [0, 0.05) is 12.1 Å². The van der Waals surface area contributed by atoms with Crippen molar-refractivity contribution in [3.63, 3.8) is 0 Å². The Bertz CT molecular complexity index is 366. The van der Waals surface area contributed by atoms with Crippen LogP contribution in [0.4, 0.5) is 0 Å². The van der Waals surface area contributed by atoms with Crippen molar-refractivity contribution in [2.24, 2.45) is 0 Å². The fourth-order valence-corrected chi connectivity index (χ4v) is 1.51. The van der Waals surface area contributed by atoms with Crippen molar-refractivity contribution in [1.29, 1.82) is 0 Å². The molecule has 1 rings (SSSR count). The van der Waals surface area contributed by atoms with E-state index in [1.807, 2.05) is 6.07 Å². The molecule has 0 heterocycles. The summed E-state index contributed by atoms with van der Waals surface area (Å²) in [5.41, 5.74) is 2.72. The predicted molar refractivity (Wildman–Crippen MR) is 73.8 cm³/mol. The Morgan fingerprint density at radius 2 is 1.82 bits per heavy atom. The first kappa shape index (κ1) is 14.0. The summed E-state index contributed by atoms with van der Waals surface area (Å²) in [5, 5.41) is 3.44. The monoisotopic (exact) mass is 235 g/mol. The zero-order valence-electron chi connectivity index (χ0n) is 11.9. The SMILES string of the molecule is Cc1ccc(OC(C)CNC(C)(C)C)cc1C. The molecule has 0 spiro atoms. The van der Waals surface area contributed by atoms with Crippen LogP contribution >= 0.6 is 0 Å². The van der Waals surface area contributed by atoms with Crippen molar-refractivity contribution in [2.45, 2.75) is 53.2 Å². The molecule has 1 aromatic rings. The number of benzene rings is 1. The van der Waals surface area contributed by atoms with Crippen LogP contribution in [0.15, 0.2) is 18.2 Å². The molecule has 0 aromatic heterocycles. The van der Waals surface area contributed by atoms with Crippen LogP contribution in [0.25, 0.3) is 0 Å². The molecule has 0 bridgehead atoms. The smallest absolute Gasteiger partial charge is 0.120 e. The summed E-state index contributed by atoms with van der Waals surface area (Å²) < 4.78 is 5.88. The Morgan fingerprint density at radius 3 is 2.35 bits per heavy atom. The lowest BCUT2D eigenvalue weighted by Crippen LogP contribution is -2.41. The van der Waals surface area contributed by atoms with E-state index in [0.29, 0.717) is 0 Å². The lowest BCUT2D eigenvalue weighted by Gasteiger charge is -2.24. The lowest BCUT2D eigenvalue weighted by atomic mass is 10.1. The minimum Gasteiger partial charge on any atom is -0.489 e. The highest BCUT2D eigenvalue weighted by Crippen LogP contribution is 2.17. The Labute approximate surface area is 105 Å². The maximum atomic E-state index is 5.88. The van der Waals surface area contributed by atoms with E-state index in [1.54, 1.807) is 0 Å². The minimum atomic E-state index is 0.140. The fraction of sp³-hybridized carbons (Fsp3) is 0.600. The molecule has 1 atom stereocenters. The molecule has 0 saturated heterocycles. The fourth-order valence-electron chi connectivity index (χ4n) is 1.51. The Kier molecular flexibility index (Phi) is 4.58. The minimum absolute atomic E-state index is 0.140. The van der Waals surface area contributed by atoms with Crippen LogP contribution in [0.3, 0.4) is 0 Å². The maximum absolute atomic E-state index is 5.88. The van der Waals surface area contributed by atoms with Gasteiger partial charge in [-0.3, -0.25) is 0 Å². The van der Waals surface area contributed by atoms with E-state index in [9.17, 15) is 0 Å². The third-order valence-corrected chi connectivity index (χ3v) is 2.74. The number of aryl methyl sites for hydroxylation is 2. The van der Waals surface area contributed by atoms with Crippen LogP contribution in [0.2, 0.25) is 0 Å². The van der Waals surface area contributed by atoms with Gasteiger partial charge in [0.05, 0.1) is 0 Å². The van der Waals surface area contributed by atoms with Gasteiger partial charge in [0.25, 0.3) is 0 Å². The number of hydrogen-bond donors (Lipinski definition) is 1. The Balaban J connectivity index is 2.50. The first-order valence-electron chi connectivity index (χ1n) is 6.27. The zero-order chi connectivity index (χ0) is 13.1. The van der Waals surface area contributed by atoms with Gasteiger partial charge in [0.2, 0.25) is 0 Å². The number of hydrogen-bond acceptors (Lipinski definition) is 2. The summed E-state index contributed by atoms with van der Waals surface area (Å²) in [7, 11) is 0. The molecule has 17 heavy (non-hydrogen) atoms. The summed E-state index contributed by atoms with van der Waals surface area (Å²) in [6.07, 6.45) is 0.177. The third kappa shape index (κ3) is 5.22. The van der Waals surface area contributed by atoms with Crippen molar-refractivity contribution in [3.05, 3.63) is 29.3 Å². The second-order valence-electron chi connectivity index (χ2n) is 5.81. The van der Waals surface area contributed by atoms with E-state index in [0.717, 1.165) is 12.3 Å². The van der Waals surface area contributed by atoms with Crippen LogP contribution in [0.5, 0.6) is 5.75 Å². The average Bonchev–Trinajstić information content (AvgIpc) is 2.20. The van der Waals surface area contributed by atoms with Crippen LogP contribution in [-0.4, -0.2) is 18.2 Å². The topological polar surface area (TPSA) is 21.3 Å². The average molecular weight is 235 g/mol. The summed E-state index contributed by atoms with van der Waals surface area (Å²) in [4.78, 5) is 0. The van der Waals surface area contributed by atoms with Gasteiger partial charge in [-0.05, 0) is 64.8 Å². The van der Waals surface area contributed by atoms with Crippen molar-refractivity contribution >= 4 is 0 Å². The van der Waals surface area contributed by atoms with Gasteiger partial charge >= 0.3 is 0 Å². The molecule has 1 unspecified atom stereocenters. The highest BCUT2D eigenvalue weighted by atomic mass is 16.5. The van der Waals surface area contributed by atoms with Crippen molar-refractivity contribution in [2.75, 3.05) is 6.54 Å². The molecule has 2 nitrogen and oxygen atoms in total.